The lowest BCUT2D eigenvalue weighted by Gasteiger charge is -2.32. The van der Waals surface area contributed by atoms with Gasteiger partial charge >= 0.3 is 0 Å². The van der Waals surface area contributed by atoms with Crippen LogP contribution in [0, 0.1) is 13.8 Å². The Balaban J connectivity index is 2.49. The van der Waals surface area contributed by atoms with Gasteiger partial charge in [-0.2, -0.15) is 0 Å². The van der Waals surface area contributed by atoms with Gasteiger partial charge in [0.2, 0.25) is 0 Å². The van der Waals surface area contributed by atoms with Crippen LogP contribution in [0.3, 0.4) is 0 Å². The Morgan fingerprint density at radius 2 is 1.38 bits per heavy atom. The van der Waals surface area contributed by atoms with Crippen LogP contribution >= 0.6 is 7.92 Å². The van der Waals surface area contributed by atoms with E-state index in [2.05, 4.69) is 103 Å². The number of para-hydroxylation sites is 1. The van der Waals surface area contributed by atoms with Crippen molar-refractivity contribution in [3.8, 4) is 11.5 Å². The monoisotopic (exact) mass is 464 g/mol. The summed E-state index contributed by atoms with van der Waals surface area (Å²) in [5, 5.41) is 16.7. The van der Waals surface area contributed by atoms with Crippen molar-refractivity contribution in [2.75, 3.05) is 7.11 Å². The number of rotatable bonds is 5. The van der Waals surface area contributed by atoms with Crippen molar-refractivity contribution in [2.24, 2.45) is 0 Å². The van der Waals surface area contributed by atoms with Gasteiger partial charge in [-0.3, -0.25) is 0 Å². The summed E-state index contributed by atoms with van der Waals surface area (Å²) in [5.41, 5.74) is 3.31. The molecule has 0 heterocycles. The zero-order chi connectivity index (χ0) is 23.8. The zero-order valence-electron chi connectivity index (χ0n) is 21.0. The maximum absolute atomic E-state index is 11.6. The molecule has 0 aliphatic carbocycles. The van der Waals surface area contributed by atoms with Crippen LogP contribution in [-0.4, -0.2) is 20.3 Å². The molecule has 0 spiro atoms. The van der Waals surface area contributed by atoms with Gasteiger partial charge in [-0.1, -0.05) is 94.1 Å². The second-order valence-corrected chi connectivity index (χ2v) is 17.7. The highest BCUT2D eigenvalue weighted by Gasteiger charge is 2.33. The van der Waals surface area contributed by atoms with Gasteiger partial charge in [0.25, 0.3) is 0 Å². The van der Waals surface area contributed by atoms with Crippen molar-refractivity contribution in [1.82, 2.24) is 0 Å². The van der Waals surface area contributed by atoms with E-state index in [1.54, 1.807) is 7.11 Å². The molecule has 0 saturated carbocycles. The van der Waals surface area contributed by atoms with Crippen LogP contribution in [0.25, 0.3) is 0 Å². The molecule has 1 atom stereocenters. The number of phenols is 1. The maximum atomic E-state index is 11.6. The predicted octanol–water partition coefficient (Wildman–Crippen LogP) is 5.62. The topological polar surface area (TPSA) is 29.5 Å². The number of hydrogen-bond donors (Lipinski definition) is 1. The molecule has 0 saturated heterocycles. The van der Waals surface area contributed by atoms with Crippen molar-refractivity contribution in [1.29, 1.82) is 0 Å². The fourth-order valence-corrected chi connectivity index (χ4v) is 9.99. The van der Waals surface area contributed by atoms with Crippen LogP contribution in [-0.2, 0) is 5.41 Å². The zero-order valence-corrected chi connectivity index (χ0v) is 22.9. The van der Waals surface area contributed by atoms with Crippen LogP contribution in [0.1, 0.15) is 37.5 Å². The summed E-state index contributed by atoms with van der Waals surface area (Å²) in [6.45, 7) is 18.0. The third-order valence-corrected chi connectivity index (χ3v) is 11.1. The highest BCUT2D eigenvalue weighted by molar-refractivity contribution is 7.81. The van der Waals surface area contributed by atoms with Gasteiger partial charge < -0.3 is 9.84 Å². The van der Waals surface area contributed by atoms with Crippen LogP contribution < -0.4 is 25.8 Å². The molecule has 3 aromatic rings. The van der Waals surface area contributed by atoms with Crippen molar-refractivity contribution in [2.45, 2.75) is 59.7 Å². The Bertz CT molecular complexity index is 1120. The summed E-state index contributed by atoms with van der Waals surface area (Å²) in [6.07, 6.45) is 0. The van der Waals surface area contributed by atoms with E-state index in [0.717, 1.165) is 16.6 Å². The highest BCUT2D eigenvalue weighted by Crippen LogP contribution is 2.43. The van der Waals surface area contributed by atoms with Gasteiger partial charge in [0.05, 0.1) is 15.2 Å². The van der Waals surface area contributed by atoms with Gasteiger partial charge in [0, 0.05) is 10.6 Å². The highest BCUT2D eigenvalue weighted by atomic mass is 31.1. The van der Waals surface area contributed by atoms with E-state index < -0.39 is 16.0 Å². The molecule has 0 amide bonds. The standard InChI is InChI=1S/C28H37O2PSi/c1-19-13-10-16-22(30-6)26(19)31(23-17-12-15-21(25(23)29)28(3,4)5)27-20(2)14-11-18-24(27)32(7,8)9/h10-18,29H,1-9H3. The number of methoxy groups -OCH3 is 1. The molecule has 4 heteroatoms. The van der Waals surface area contributed by atoms with E-state index in [9.17, 15) is 5.11 Å². The van der Waals surface area contributed by atoms with Crippen molar-refractivity contribution < 1.29 is 9.84 Å². The minimum atomic E-state index is -1.66. The molecular weight excluding hydrogens is 427 g/mol. The van der Waals surface area contributed by atoms with Gasteiger partial charge in [0.15, 0.2) is 0 Å². The van der Waals surface area contributed by atoms with E-state index in [0.29, 0.717) is 5.75 Å². The normalized spacial score (nSPS) is 13.2. The third-order valence-electron chi connectivity index (χ3n) is 5.98. The van der Waals surface area contributed by atoms with E-state index in [1.165, 1.54) is 26.9 Å². The Morgan fingerprint density at radius 3 is 1.94 bits per heavy atom. The van der Waals surface area contributed by atoms with Gasteiger partial charge in [-0.05, 0) is 55.2 Å². The molecule has 0 aliphatic heterocycles. The number of aromatic hydroxyl groups is 1. The summed E-state index contributed by atoms with van der Waals surface area (Å²) in [4.78, 5) is 0. The molecule has 0 radical (unpaired) electrons. The first-order valence-electron chi connectivity index (χ1n) is 11.2. The van der Waals surface area contributed by atoms with Crippen LogP contribution in [0.5, 0.6) is 11.5 Å². The quantitative estimate of drug-likeness (QED) is 0.392. The Hall–Kier alpha value is -2.09. The lowest BCUT2D eigenvalue weighted by atomic mass is 9.86. The Labute approximate surface area is 196 Å². The third kappa shape index (κ3) is 4.65. The van der Waals surface area contributed by atoms with E-state index >= 15 is 0 Å². The molecule has 3 aromatic carbocycles. The first-order valence-corrected chi connectivity index (χ1v) is 16.1. The molecule has 3 rings (SSSR count). The maximum Gasteiger partial charge on any atom is 0.127 e. The van der Waals surface area contributed by atoms with Crippen LogP contribution in [0.15, 0.2) is 54.6 Å². The number of hydrogen-bond acceptors (Lipinski definition) is 2. The summed E-state index contributed by atoms with van der Waals surface area (Å²) >= 11 is 0. The van der Waals surface area contributed by atoms with Gasteiger partial charge in [-0.15, -0.1) is 0 Å². The average Bonchev–Trinajstić information content (AvgIpc) is 2.69. The van der Waals surface area contributed by atoms with Gasteiger partial charge in [0.1, 0.15) is 11.5 Å². The Kier molecular flexibility index (Phi) is 6.93. The molecule has 0 bridgehead atoms. The first-order chi connectivity index (χ1) is 14.9. The van der Waals surface area contributed by atoms with E-state index in [-0.39, 0.29) is 5.41 Å². The van der Waals surface area contributed by atoms with E-state index in [4.69, 9.17) is 4.74 Å². The van der Waals surface area contributed by atoms with Crippen molar-refractivity contribution in [3.05, 3.63) is 71.3 Å². The largest absolute Gasteiger partial charge is 0.507 e. The molecular formula is C28H37O2PSi. The second-order valence-electron chi connectivity index (χ2n) is 10.6. The minimum absolute atomic E-state index is 0.149. The molecule has 2 nitrogen and oxygen atoms in total. The van der Waals surface area contributed by atoms with Crippen molar-refractivity contribution in [3.63, 3.8) is 0 Å². The number of ether oxygens (including phenoxy) is 1. The smallest absolute Gasteiger partial charge is 0.127 e. The molecule has 1 N–H and O–H groups in total. The summed E-state index contributed by atoms with van der Waals surface area (Å²) in [5.74, 6) is 1.31. The summed E-state index contributed by atoms with van der Waals surface area (Å²) in [6, 6.07) is 19.2. The van der Waals surface area contributed by atoms with Crippen LogP contribution in [0.2, 0.25) is 19.6 Å². The minimum Gasteiger partial charge on any atom is -0.507 e. The lowest BCUT2D eigenvalue weighted by Crippen LogP contribution is -2.48. The van der Waals surface area contributed by atoms with Crippen LogP contribution in [0.4, 0.5) is 0 Å². The molecule has 0 aromatic heterocycles. The fraction of sp³-hybridized carbons (Fsp3) is 0.357. The predicted molar refractivity (Wildman–Crippen MR) is 145 cm³/mol. The molecule has 0 aliphatic rings. The SMILES string of the molecule is COc1cccc(C)c1P(c1cccc(C(C)(C)C)c1O)c1c(C)cccc1[Si](C)(C)C. The second kappa shape index (κ2) is 9.04. The van der Waals surface area contributed by atoms with Gasteiger partial charge in [-0.25, -0.2) is 0 Å². The summed E-state index contributed by atoms with van der Waals surface area (Å²) in [7, 11) is -0.936. The number of aryl methyl sites for hydroxylation is 2. The number of phenolic OH excluding ortho intramolecular Hbond substituents is 1. The van der Waals surface area contributed by atoms with E-state index in [1.807, 2.05) is 6.07 Å². The lowest BCUT2D eigenvalue weighted by molar-refractivity contribution is 0.418. The fourth-order valence-electron chi connectivity index (χ4n) is 4.31. The number of benzene rings is 3. The Morgan fingerprint density at radius 1 is 0.812 bits per heavy atom. The molecule has 1 unspecified atom stereocenters. The first kappa shape index (κ1) is 24.5. The average molecular weight is 465 g/mol. The molecule has 32 heavy (non-hydrogen) atoms. The summed E-state index contributed by atoms with van der Waals surface area (Å²) < 4.78 is 5.90. The molecule has 0 fully saturated rings. The van der Waals surface area contributed by atoms with Crippen molar-refractivity contribution >= 4 is 37.1 Å². The molecule has 170 valence electrons.